The quantitative estimate of drug-likeness (QED) is 0.771. The van der Waals surface area contributed by atoms with Gasteiger partial charge >= 0.3 is 0 Å². The van der Waals surface area contributed by atoms with Gasteiger partial charge < -0.3 is 9.80 Å². The number of piperazine rings is 1. The van der Waals surface area contributed by atoms with E-state index in [-0.39, 0.29) is 0 Å². The van der Waals surface area contributed by atoms with Crippen molar-refractivity contribution in [3.05, 3.63) is 0 Å². The molecular formula is C16H31N3. The predicted molar refractivity (Wildman–Crippen MR) is 80.5 cm³/mol. The third-order valence-electron chi connectivity index (χ3n) is 5.49. The van der Waals surface area contributed by atoms with E-state index >= 15 is 0 Å². The van der Waals surface area contributed by atoms with Gasteiger partial charge in [0, 0.05) is 44.8 Å². The molecule has 3 aliphatic rings. The largest absolute Gasteiger partial charge is 0.301 e. The third kappa shape index (κ3) is 3.32. The van der Waals surface area contributed by atoms with Crippen molar-refractivity contribution in [2.24, 2.45) is 5.92 Å². The minimum absolute atomic E-state index is 0.736. The molecular weight excluding hydrogens is 234 g/mol. The van der Waals surface area contributed by atoms with E-state index in [1.165, 1.54) is 71.5 Å². The first-order chi connectivity index (χ1) is 9.22. The van der Waals surface area contributed by atoms with Crippen LogP contribution < -0.4 is 0 Å². The molecule has 3 saturated heterocycles. The Kier molecular flexibility index (Phi) is 4.45. The molecule has 0 aromatic rings. The maximum atomic E-state index is 2.76. The summed E-state index contributed by atoms with van der Waals surface area (Å²) in [7, 11) is 0. The number of likely N-dealkylation sites (tertiary alicyclic amines) is 1. The zero-order valence-electron chi connectivity index (χ0n) is 12.9. The van der Waals surface area contributed by atoms with Crippen LogP contribution in [-0.2, 0) is 0 Å². The third-order valence-corrected chi connectivity index (χ3v) is 5.49. The fraction of sp³-hybridized carbons (Fsp3) is 1.00. The van der Waals surface area contributed by atoms with Gasteiger partial charge in [0.2, 0.25) is 0 Å². The van der Waals surface area contributed by atoms with Crippen LogP contribution in [0.25, 0.3) is 0 Å². The van der Waals surface area contributed by atoms with Gasteiger partial charge in [-0.25, -0.2) is 0 Å². The number of hydrogen-bond acceptors (Lipinski definition) is 3. The summed E-state index contributed by atoms with van der Waals surface area (Å²) in [6, 6.07) is 1.62. The average Bonchev–Trinajstić information content (AvgIpc) is 2.87. The van der Waals surface area contributed by atoms with E-state index in [9.17, 15) is 0 Å². The van der Waals surface area contributed by atoms with Crippen LogP contribution in [0.5, 0.6) is 0 Å². The van der Waals surface area contributed by atoms with E-state index < -0.39 is 0 Å². The van der Waals surface area contributed by atoms with Gasteiger partial charge in [0.15, 0.2) is 0 Å². The minimum Gasteiger partial charge on any atom is -0.301 e. The van der Waals surface area contributed by atoms with Gasteiger partial charge in [0.05, 0.1) is 0 Å². The first kappa shape index (κ1) is 13.8. The topological polar surface area (TPSA) is 9.72 Å². The highest BCUT2D eigenvalue weighted by Crippen LogP contribution is 2.24. The Labute approximate surface area is 118 Å². The summed E-state index contributed by atoms with van der Waals surface area (Å²) >= 11 is 0. The summed E-state index contributed by atoms with van der Waals surface area (Å²) in [4.78, 5) is 8.16. The monoisotopic (exact) mass is 265 g/mol. The van der Waals surface area contributed by atoms with Crippen molar-refractivity contribution in [1.82, 2.24) is 14.7 Å². The molecule has 2 unspecified atom stereocenters. The van der Waals surface area contributed by atoms with Crippen LogP contribution in [0.4, 0.5) is 0 Å². The van der Waals surface area contributed by atoms with Crippen LogP contribution in [0, 0.1) is 5.92 Å². The number of fused-ring (bicyclic) bond motifs is 1. The molecule has 0 aliphatic carbocycles. The maximum absolute atomic E-state index is 2.76. The van der Waals surface area contributed by atoms with Crippen molar-refractivity contribution < 1.29 is 0 Å². The minimum atomic E-state index is 0.736. The lowest BCUT2D eigenvalue weighted by atomic mass is 9.98. The van der Waals surface area contributed by atoms with Crippen molar-refractivity contribution in [1.29, 1.82) is 0 Å². The van der Waals surface area contributed by atoms with E-state index in [4.69, 9.17) is 0 Å². The van der Waals surface area contributed by atoms with Gasteiger partial charge in [-0.3, -0.25) is 4.90 Å². The summed E-state index contributed by atoms with van der Waals surface area (Å²) in [6.45, 7) is 14.0. The van der Waals surface area contributed by atoms with Gasteiger partial charge in [-0.05, 0) is 52.1 Å². The standard InChI is InChI=1S/C16H31N3/c1-14(2)19-8-6-15(12-19)11-17-9-10-18-7-4-3-5-16(18)13-17/h14-16H,3-13H2,1-2H3. The Hall–Kier alpha value is -0.120. The molecule has 3 nitrogen and oxygen atoms in total. The van der Waals surface area contributed by atoms with E-state index in [1.54, 1.807) is 0 Å². The SMILES string of the molecule is CC(C)N1CCC(CN2CCN3CCCCC3C2)C1. The van der Waals surface area contributed by atoms with Gasteiger partial charge in [0.25, 0.3) is 0 Å². The normalized spacial score (nSPS) is 34.9. The van der Waals surface area contributed by atoms with Crippen molar-refractivity contribution in [2.45, 2.75) is 51.6 Å². The molecule has 110 valence electrons. The van der Waals surface area contributed by atoms with Gasteiger partial charge in [-0.2, -0.15) is 0 Å². The Morgan fingerprint density at radius 1 is 0.947 bits per heavy atom. The van der Waals surface area contributed by atoms with Gasteiger partial charge in [0.1, 0.15) is 0 Å². The Bertz CT molecular complexity index is 292. The molecule has 0 bridgehead atoms. The van der Waals surface area contributed by atoms with Crippen molar-refractivity contribution in [3.63, 3.8) is 0 Å². The fourth-order valence-corrected chi connectivity index (χ4v) is 4.23. The van der Waals surface area contributed by atoms with Crippen molar-refractivity contribution in [3.8, 4) is 0 Å². The molecule has 19 heavy (non-hydrogen) atoms. The second kappa shape index (κ2) is 6.11. The van der Waals surface area contributed by atoms with Crippen LogP contribution in [0.3, 0.4) is 0 Å². The lowest BCUT2D eigenvalue weighted by Gasteiger charge is -2.44. The molecule has 0 aromatic carbocycles. The highest BCUT2D eigenvalue weighted by molar-refractivity contribution is 4.87. The smallest absolute Gasteiger partial charge is 0.0223 e. The summed E-state index contributed by atoms with van der Waals surface area (Å²) < 4.78 is 0. The van der Waals surface area contributed by atoms with Crippen LogP contribution >= 0.6 is 0 Å². The molecule has 0 N–H and O–H groups in total. The van der Waals surface area contributed by atoms with E-state index in [0.29, 0.717) is 0 Å². The highest BCUT2D eigenvalue weighted by Gasteiger charge is 2.31. The molecule has 0 amide bonds. The molecule has 3 heterocycles. The zero-order valence-corrected chi connectivity index (χ0v) is 12.9. The lowest BCUT2D eigenvalue weighted by Crippen LogP contribution is -2.55. The van der Waals surface area contributed by atoms with Crippen molar-refractivity contribution >= 4 is 0 Å². The second-order valence-electron chi connectivity index (χ2n) is 7.19. The molecule has 0 spiro atoms. The Morgan fingerprint density at radius 2 is 1.84 bits per heavy atom. The number of hydrogen-bond donors (Lipinski definition) is 0. The molecule has 3 aliphatic heterocycles. The maximum Gasteiger partial charge on any atom is 0.0223 e. The fourth-order valence-electron chi connectivity index (χ4n) is 4.23. The first-order valence-electron chi connectivity index (χ1n) is 8.43. The van der Waals surface area contributed by atoms with E-state index in [0.717, 1.165) is 18.0 Å². The molecule has 3 fully saturated rings. The molecule has 0 saturated carbocycles. The predicted octanol–water partition coefficient (Wildman–Crippen LogP) is 1.89. The molecule has 3 heteroatoms. The average molecular weight is 265 g/mol. The lowest BCUT2D eigenvalue weighted by molar-refractivity contribution is 0.0421. The highest BCUT2D eigenvalue weighted by atomic mass is 15.3. The summed E-state index contributed by atoms with van der Waals surface area (Å²) in [5.41, 5.74) is 0. The van der Waals surface area contributed by atoms with Gasteiger partial charge in [-0.1, -0.05) is 6.42 Å². The van der Waals surface area contributed by atoms with Crippen LogP contribution in [-0.4, -0.2) is 72.6 Å². The van der Waals surface area contributed by atoms with E-state index in [2.05, 4.69) is 28.5 Å². The molecule has 2 atom stereocenters. The summed E-state index contributed by atoms with van der Waals surface area (Å²) in [5.74, 6) is 0.928. The summed E-state index contributed by atoms with van der Waals surface area (Å²) in [6.07, 6.45) is 5.75. The number of piperidine rings is 1. The van der Waals surface area contributed by atoms with E-state index in [1.807, 2.05) is 0 Å². The van der Waals surface area contributed by atoms with Gasteiger partial charge in [-0.15, -0.1) is 0 Å². The Balaban J connectivity index is 1.46. The van der Waals surface area contributed by atoms with Crippen LogP contribution in [0.15, 0.2) is 0 Å². The molecule has 0 aromatic heterocycles. The first-order valence-corrected chi connectivity index (χ1v) is 8.43. The van der Waals surface area contributed by atoms with Crippen molar-refractivity contribution in [2.75, 3.05) is 45.8 Å². The van der Waals surface area contributed by atoms with Crippen LogP contribution in [0.2, 0.25) is 0 Å². The Morgan fingerprint density at radius 3 is 2.63 bits per heavy atom. The second-order valence-corrected chi connectivity index (χ2v) is 7.19. The number of nitrogens with zero attached hydrogens (tertiary/aromatic N) is 3. The summed E-state index contributed by atoms with van der Waals surface area (Å²) in [5, 5.41) is 0. The molecule has 3 rings (SSSR count). The molecule has 0 radical (unpaired) electrons. The number of rotatable bonds is 3. The van der Waals surface area contributed by atoms with Crippen LogP contribution in [0.1, 0.15) is 39.5 Å². The zero-order chi connectivity index (χ0) is 13.2.